The molecule has 0 saturated carbocycles. The maximum Gasteiger partial charge on any atom is 0.290 e. The van der Waals surface area contributed by atoms with Gasteiger partial charge in [0.15, 0.2) is 5.76 Å². The van der Waals surface area contributed by atoms with Crippen LogP contribution in [0.25, 0.3) is 0 Å². The Morgan fingerprint density at radius 2 is 2.11 bits per heavy atom. The monoisotopic (exact) mass is 369 g/mol. The maximum absolute atomic E-state index is 13.2. The second-order valence-electron chi connectivity index (χ2n) is 7.86. The van der Waals surface area contributed by atoms with Crippen molar-refractivity contribution in [2.45, 2.75) is 58.2 Å². The van der Waals surface area contributed by atoms with E-state index in [0.717, 1.165) is 37.0 Å². The molecule has 3 heterocycles. The van der Waals surface area contributed by atoms with Gasteiger partial charge in [0.05, 0.1) is 6.61 Å². The molecule has 1 N–H and O–H groups in total. The Labute approximate surface area is 159 Å². The van der Waals surface area contributed by atoms with Crippen molar-refractivity contribution in [3.8, 4) is 5.75 Å². The Kier molecular flexibility index (Phi) is 4.72. The van der Waals surface area contributed by atoms with Crippen LogP contribution in [0.1, 0.15) is 54.5 Å². The molecule has 5 nitrogen and oxygen atoms in total. The zero-order valence-electron chi connectivity index (χ0n) is 16.0. The molecule has 3 atom stereocenters. The van der Waals surface area contributed by atoms with Crippen LogP contribution in [0.4, 0.5) is 0 Å². The quantitative estimate of drug-likeness (QED) is 0.838. The minimum atomic E-state index is -0.154. The van der Waals surface area contributed by atoms with E-state index in [0.29, 0.717) is 18.1 Å². The van der Waals surface area contributed by atoms with Crippen molar-refractivity contribution in [1.82, 2.24) is 4.90 Å². The number of para-hydroxylation sites is 1. The number of furan rings is 1. The Hall–Kier alpha value is -2.27. The molecule has 0 unspecified atom stereocenters. The minimum absolute atomic E-state index is 0.0465. The zero-order chi connectivity index (χ0) is 19.0. The van der Waals surface area contributed by atoms with Gasteiger partial charge in [0.2, 0.25) is 0 Å². The first-order chi connectivity index (χ1) is 13.1. The summed E-state index contributed by atoms with van der Waals surface area (Å²) in [6, 6.07) is 11.8. The molecule has 0 aliphatic carbocycles. The van der Waals surface area contributed by atoms with Gasteiger partial charge >= 0.3 is 0 Å². The maximum atomic E-state index is 13.2. The van der Waals surface area contributed by atoms with Gasteiger partial charge in [-0.2, -0.15) is 0 Å². The first-order valence-corrected chi connectivity index (χ1v) is 9.78. The second kappa shape index (κ2) is 7.04. The van der Waals surface area contributed by atoms with E-state index in [4.69, 9.17) is 9.15 Å². The van der Waals surface area contributed by atoms with Crippen molar-refractivity contribution in [2.24, 2.45) is 5.41 Å². The summed E-state index contributed by atoms with van der Waals surface area (Å²) in [5, 5.41) is 9.97. The summed E-state index contributed by atoms with van der Waals surface area (Å²) in [7, 11) is 0. The van der Waals surface area contributed by atoms with E-state index in [9.17, 15) is 9.90 Å². The molecule has 2 saturated heterocycles. The van der Waals surface area contributed by atoms with Gasteiger partial charge in [0.1, 0.15) is 18.1 Å². The van der Waals surface area contributed by atoms with Crippen LogP contribution in [-0.4, -0.2) is 34.6 Å². The number of hydrogen-bond acceptors (Lipinski definition) is 4. The molecule has 1 aromatic carbocycles. The van der Waals surface area contributed by atoms with E-state index in [1.807, 2.05) is 48.2 Å². The van der Waals surface area contributed by atoms with Gasteiger partial charge < -0.3 is 19.2 Å². The van der Waals surface area contributed by atoms with Crippen LogP contribution in [0.3, 0.4) is 0 Å². The normalized spacial score (nSPS) is 26.6. The molecular formula is C22H27NO4. The lowest BCUT2D eigenvalue weighted by atomic mass is 9.72. The first kappa shape index (κ1) is 18.1. The number of ether oxygens (including phenoxy) is 1. The molecule has 0 spiro atoms. The molecule has 2 aliphatic heterocycles. The van der Waals surface area contributed by atoms with Gasteiger partial charge in [-0.3, -0.25) is 4.79 Å². The van der Waals surface area contributed by atoms with Gasteiger partial charge in [-0.25, -0.2) is 0 Å². The summed E-state index contributed by atoms with van der Waals surface area (Å²) < 4.78 is 11.6. The molecule has 0 radical (unpaired) electrons. The summed E-state index contributed by atoms with van der Waals surface area (Å²) in [6.07, 6.45) is 3.76. The Balaban J connectivity index is 1.51. The van der Waals surface area contributed by atoms with E-state index in [1.54, 1.807) is 0 Å². The number of amides is 1. The van der Waals surface area contributed by atoms with Crippen LogP contribution in [0, 0.1) is 12.3 Å². The standard InChI is InChI=1S/C22H27NO4/c1-3-22(14-24)12-16-9-10-19(22)23(16)21(25)20-15(2)11-18(27-20)13-26-17-7-5-4-6-8-17/h4-8,11,16,19,24H,3,9-10,12-14H2,1-2H3/t16-,19+,22-/m0/s1. The fourth-order valence-corrected chi connectivity index (χ4v) is 4.88. The van der Waals surface area contributed by atoms with Gasteiger partial charge in [-0.05, 0) is 50.8 Å². The molecule has 2 aliphatic rings. The molecule has 144 valence electrons. The Morgan fingerprint density at radius 1 is 1.33 bits per heavy atom. The van der Waals surface area contributed by atoms with Crippen LogP contribution in [0.15, 0.2) is 40.8 Å². The van der Waals surface area contributed by atoms with Crippen molar-refractivity contribution in [3.05, 3.63) is 53.5 Å². The molecule has 2 bridgehead atoms. The molecule has 2 fully saturated rings. The van der Waals surface area contributed by atoms with Crippen molar-refractivity contribution < 1.29 is 19.1 Å². The molecule has 1 aromatic heterocycles. The van der Waals surface area contributed by atoms with Crippen LogP contribution in [-0.2, 0) is 6.61 Å². The second-order valence-corrected chi connectivity index (χ2v) is 7.86. The summed E-state index contributed by atoms with van der Waals surface area (Å²) in [4.78, 5) is 15.2. The van der Waals surface area contributed by atoms with E-state index < -0.39 is 0 Å². The summed E-state index contributed by atoms with van der Waals surface area (Å²) in [5.41, 5.74) is 0.683. The van der Waals surface area contributed by atoms with Crippen LogP contribution < -0.4 is 4.74 Å². The number of carbonyl (C=O) groups excluding carboxylic acids is 1. The number of aliphatic hydroxyl groups is 1. The number of hydrogen-bond donors (Lipinski definition) is 1. The van der Waals surface area contributed by atoms with Gasteiger partial charge in [0.25, 0.3) is 5.91 Å². The topological polar surface area (TPSA) is 62.9 Å². The summed E-state index contributed by atoms with van der Waals surface area (Å²) in [5.74, 6) is 1.78. The summed E-state index contributed by atoms with van der Waals surface area (Å²) >= 11 is 0. The third kappa shape index (κ3) is 3.04. The smallest absolute Gasteiger partial charge is 0.290 e. The van der Waals surface area contributed by atoms with E-state index in [-0.39, 0.29) is 30.0 Å². The number of aryl methyl sites for hydroxylation is 1. The number of fused-ring (bicyclic) bond motifs is 2. The number of carbonyl (C=O) groups is 1. The Morgan fingerprint density at radius 3 is 2.78 bits per heavy atom. The van der Waals surface area contributed by atoms with Crippen molar-refractivity contribution in [2.75, 3.05) is 6.61 Å². The lowest BCUT2D eigenvalue weighted by Gasteiger charge is -2.34. The lowest BCUT2D eigenvalue weighted by molar-refractivity contribution is 0.0530. The Bertz CT molecular complexity index is 809. The van der Waals surface area contributed by atoms with E-state index in [1.165, 1.54) is 0 Å². The highest BCUT2D eigenvalue weighted by molar-refractivity contribution is 5.94. The van der Waals surface area contributed by atoms with E-state index in [2.05, 4.69) is 6.92 Å². The van der Waals surface area contributed by atoms with Crippen LogP contribution in [0.2, 0.25) is 0 Å². The fourth-order valence-electron chi connectivity index (χ4n) is 4.88. The number of rotatable bonds is 6. The largest absolute Gasteiger partial charge is 0.486 e. The number of nitrogens with zero attached hydrogens (tertiary/aromatic N) is 1. The third-order valence-electron chi connectivity index (χ3n) is 6.39. The number of benzene rings is 1. The highest BCUT2D eigenvalue weighted by Crippen LogP contribution is 2.52. The molecule has 2 aromatic rings. The first-order valence-electron chi connectivity index (χ1n) is 9.78. The van der Waals surface area contributed by atoms with Gasteiger partial charge in [-0.15, -0.1) is 0 Å². The van der Waals surface area contributed by atoms with Crippen molar-refractivity contribution >= 4 is 5.91 Å². The minimum Gasteiger partial charge on any atom is -0.486 e. The fraction of sp³-hybridized carbons (Fsp3) is 0.500. The summed E-state index contributed by atoms with van der Waals surface area (Å²) in [6.45, 7) is 4.44. The zero-order valence-corrected chi connectivity index (χ0v) is 16.0. The lowest BCUT2D eigenvalue weighted by Crippen LogP contribution is -2.42. The van der Waals surface area contributed by atoms with Gasteiger partial charge in [-0.1, -0.05) is 25.1 Å². The highest BCUT2D eigenvalue weighted by atomic mass is 16.5. The predicted molar refractivity (Wildman–Crippen MR) is 102 cm³/mol. The molecular weight excluding hydrogens is 342 g/mol. The average molecular weight is 369 g/mol. The van der Waals surface area contributed by atoms with Gasteiger partial charge in [0, 0.05) is 23.1 Å². The van der Waals surface area contributed by atoms with Crippen LogP contribution in [0.5, 0.6) is 5.75 Å². The van der Waals surface area contributed by atoms with Crippen molar-refractivity contribution in [1.29, 1.82) is 0 Å². The number of aliphatic hydroxyl groups excluding tert-OH is 1. The van der Waals surface area contributed by atoms with Crippen molar-refractivity contribution in [3.63, 3.8) is 0 Å². The van der Waals surface area contributed by atoms with Crippen LogP contribution >= 0.6 is 0 Å². The molecule has 5 heteroatoms. The average Bonchev–Trinajstić information content (AvgIpc) is 3.38. The molecule has 1 amide bonds. The SMILES string of the molecule is CC[C@@]1(CO)C[C@@H]2CC[C@H]1N2C(=O)c1oc(COc2ccccc2)cc1C. The highest BCUT2D eigenvalue weighted by Gasteiger charge is 2.56. The molecule has 27 heavy (non-hydrogen) atoms. The third-order valence-corrected chi connectivity index (χ3v) is 6.39. The predicted octanol–water partition coefficient (Wildman–Crippen LogP) is 3.93. The molecule has 4 rings (SSSR count). The van der Waals surface area contributed by atoms with E-state index >= 15 is 0 Å².